The third-order valence-electron chi connectivity index (χ3n) is 3.70. The summed E-state index contributed by atoms with van der Waals surface area (Å²) in [6.07, 6.45) is -0.0330. The van der Waals surface area contributed by atoms with Gasteiger partial charge in [-0.25, -0.2) is 4.79 Å². The topological polar surface area (TPSA) is 64.8 Å². The van der Waals surface area contributed by atoms with Gasteiger partial charge in [-0.1, -0.05) is 30.3 Å². The van der Waals surface area contributed by atoms with Gasteiger partial charge in [-0.2, -0.15) is 0 Å². The fourth-order valence-corrected chi connectivity index (χ4v) is 2.66. The second-order valence-electron chi connectivity index (χ2n) is 6.90. The van der Waals surface area contributed by atoms with Crippen molar-refractivity contribution in [1.29, 1.82) is 0 Å². The molecule has 1 aromatic heterocycles. The smallest absolute Gasteiger partial charge is 0.428 e. The summed E-state index contributed by atoms with van der Waals surface area (Å²) < 4.78 is 15.7. The molecule has 3 rings (SSSR count). The summed E-state index contributed by atoms with van der Waals surface area (Å²) in [5, 5.41) is 3.88. The van der Waals surface area contributed by atoms with Crippen LogP contribution in [0.25, 0.3) is 0 Å². The second-order valence-corrected chi connectivity index (χ2v) is 6.90. The van der Waals surface area contributed by atoms with Gasteiger partial charge >= 0.3 is 6.16 Å². The number of rotatable bonds is 3. The van der Waals surface area contributed by atoms with Gasteiger partial charge in [0.05, 0.1) is 12.1 Å². The molecule has 0 fully saturated rings. The highest BCUT2D eigenvalue weighted by molar-refractivity contribution is 5.64. The van der Waals surface area contributed by atoms with Gasteiger partial charge in [-0.3, -0.25) is 4.90 Å². The number of benzene rings is 1. The van der Waals surface area contributed by atoms with Crippen molar-refractivity contribution in [1.82, 2.24) is 10.1 Å². The van der Waals surface area contributed by atoms with Gasteiger partial charge in [-0.15, -0.1) is 0 Å². The first-order valence-electron chi connectivity index (χ1n) is 8.05. The van der Waals surface area contributed by atoms with Crippen molar-refractivity contribution < 1.29 is 18.8 Å². The summed E-state index contributed by atoms with van der Waals surface area (Å²) in [4.78, 5) is 14.1. The molecule has 0 N–H and O–H groups in total. The average molecular weight is 330 g/mol. The van der Waals surface area contributed by atoms with Crippen LogP contribution < -0.4 is 4.74 Å². The highest BCUT2D eigenvalue weighted by Crippen LogP contribution is 2.28. The minimum Gasteiger partial charge on any atom is -0.428 e. The van der Waals surface area contributed by atoms with Gasteiger partial charge in [0.25, 0.3) is 5.88 Å². The lowest BCUT2D eigenvalue weighted by Gasteiger charge is -2.25. The van der Waals surface area contributed by atoms with Crippen molar-refractivity contribution in [2.24, 2.45) is 0 Å². The predicted molar refractivity (Wildman–Crippen MR) is 87.6 cm³/mol. The van der Waals surface area contributed by atoms with E-state index >= 15 is 0 Å². The third-order valence-corrected chi connectivity index (χ3v) is 3.70. The van der Waals surface area contributed by atoms with E-state index < -0.39 is 11.8 Å². The fraction of sp³-hybridized carbons (Fsp3) is 0.444. The minimum atomic E-state index is -0.759. The van der Waals surface area contributed by atoms with E-state index in [0.717, 1.165) is 30.8 Å². The van der Waals surface area contributed by atoms with Crippen molar-refractivity contribution >= 4 is 6.16 Å². The summed E-state index contributed by atoms with van der Waals surface area (Å²) >= 11 is 0. The average Bonchev–Trinajstić information content (AvgIpc) is 2.88. The van der Waals surface area contributed by atoms with Gasteiger partial charge in [0.15, 0.2) is 5.76 Å². The first-order valence-corrected chi connectivity index (χ1v) is 8.05. The van der Waals surface area contributed by atoms with Crippen LogP contribution in [0, 0.1) is 0 Å². The van der Waals surface area contributed by atoms with Crippen LogP contribution in [0.15, 0.2) is 34.9 Å². The van der Waals surface area contributed by atoms with E-state index in [0.29, 0.717) is 6.54 Å². The van der Waals surface area contributed by atoms with E-state index in [2.05, 4.69) is 22.2 Å². The number of nitrogens with zero attached hydrogens (tertiary/aromatic N) is 2. The molecule has 2 aromatic rings. The summed E-state index contributed by atoms with van der Waals surface area (Å²) in [5.74, 6) is 0.967. The first-order chi connectivity index (χ1) is 11.4. The third kappa shape index (κ3) is 4.14. The molecule has 0 unspecified atom stereocenters. The number of ether oxygens (including phenoxy) is 2. The molecule has 0 radical (unpaired) electrons. The molecule has 6 heteroatoms. The molecule has 0 spiro atoms. The molecule has 1 aliphatic rings. The zero-order chi connectivity index (χ0) is 17.2. The minimum absolute atomic E-state index is 0.221. The van der Waals surface area contributed by atoms with Gasteiger partial charge in [-0.05, 0) is 37.9 Å². The molecule has 128 valence electrons. The summed E-state index contributed by atoms with van der Waals surface area (Å²) in [6, 6.07) is 10.3. The number of carbonyl (C=O) groups excluding carboxylic acids is 1. The molecule has 1 aromatic carbocycles. The zero-order valence-corrected chi connectivity index (χ0v) is 14.2. The Labute approximate surface area is 141 Å². The molecule has 0 saturated heterocycles. The van der Waals surface area contributed by atoms with Crippen molar-refractivity contribution in [3.63, 3.8) is 0 Å². The Morgan fingerprint density at radius 2 is 2.04 bits per heavy atom. The lowest BCUT2D eigenvalue weighted by molar-refractivity contribution is 0.0188. The molecule has 6 nitrogen and oxygen atoms in total. The Morgan fingerprint density at radius 1 is 1.29 bits per heavy atom. The van der Waals surface area contributed by atoms with Crippen molar-refractivity contribution in [2.75, 3.05) is 6.54 Å². The van der Waals surface area contributed by atoms with Crippen LogP contribution in [0.5, 0.6) is 5.88 Å². The number of hydrogen-bond donors (Lipinski definition) is 0. The zero-order valence-electron chi connectivity index (χ0n) is 14.2. The summed E-state index contributed by atoms with van der Waals surface area (Å²) in [5.41, 5.74) is 1.50. The van der Waals surface area contributed by atoms with Crippen molar-refractivity contribution in [3.8, 4) is 5.88 Å². The molecule has 24 heavy (non-hydrogen) atoms. The first kappa shape index (κ1) is 16.5. The number of aromatic nitrogens is 1. The highest BCUT2D eigenvalue weighted by Gasteiger charge is 2.27. The van der Waals surface area contributed by atoms with Gasteiger partial charge < -0.3 is 14.0 Å². The van der Waals surface area contributed by atoms with Crippen molar-refractivity contribution in [3.05, 3.63) is 47.2 Å². The number of hydrogen-bond acceptors (Lipinski definition) is 6. The van der Waals surface area contributed by atoms with Gasteiger partial charge in [0.2, 0.25) is 0 Å². The summed E-state index contributed by atoms with van der Waals surface area (Å²) in [6.45, 7) is 7.71. The van der Waals surface area contributed by atoms with Crippen LogP contribution in [0.3, 0.4) is 0 Å². The molecular formula is C18H22N2O4. The van der Waals surface area contributed by atoms with E-state index in [1.165, 1.54) is 5.56 Å². The Morgan fingerprint density at radius 3 is 2.75 bits per heavy atom. The molecule has 0 bridgehead atoms. The quantitative estimate of drug-likeness (QED) is 0.802. The van der Waals surface area contributed by atoms with Gasteiger partial charge in [0, 0.05) is 13.1 Å². The largest absolute Gasteiger partial charge is 0.515 e. The van der Waals surface area contributed by atoms with E-state index in [9.17, 15) is 4.79 Å². The lowest BCUT2D eigenvalue weighted by Crippen LogP contribution is -2.30. The van der Waals surface area contributed by atoms with Crippen LogP contribution in [-0.4, -0.2) is 28.4 Å². The predicted octanol–water partition coefficient (Wildman–Crippen LogP) is 3.55. The number of carbonyl (C=O) groups is 1. The van der Waals surface area contributed by atoms with Crippen molar-refractivity contribution in [2.45, 2.75) is 45.9 Å². The molecule has 0 amide bonds. The maximum Gasteiger partial charge on any atom is 0.515 e. The van der Waals surface area contributed by atoms with Crippen LogP contribution in [0.2, 0.25) is 0 Å². The molecular weight excluding hydrogens is 308 g/mol. The van der Waals surface area contributed by atoms with E-state index in [-0.39, 0.29) is 5.88 Å². The molecule has 1 aliphatic heterocycles. The maximum atomic E-state index is 11.8. The Hall–Kier alpha value is -2.34. The SMILES string of the molecule is CC(C)(C)OC(=O)Oc1noc2c1CCN(Cc1ccccc1)C2. The molecule has 0 saturated carbocycles. The molecule has 2 heterocycles. The maximum absolute atomic E-state index is 11.8. The van der Waals surface area contributed by atoms with Crippen LogP contribution in [-0.2, 0) is 24.2 Å². The second kappa shape index (κ2) is 6.65. The lowest BCUT2D eigenvalue weighted by atomic mass is 10.1. The number of fused-ring (bicyclic) bond motifs is 1. The summed E-state index contributed by atoms with van der Waals surface area (Å²) in [7, 11) is 0. The highest BCUT2D eigenvalue weighted by atomic mass is 16.7. The fourth-order valence-electron chi connectivity index (χ4n) is 2.66. The Kier molecular flexibility index (Phi) is 4.57. The standard InChI is InChI=1S/C18H22N2O4/c1-18(2,3)23-17(21)22-16-14-9-10-20(12-15(14)24-19-16)11-13-7-5-4-6-8-13/h4-8H,9-12H2,1-3H3. The van der Waals surface area contributed by atoms with Crippen LogP contribution in [0.4, 0.5) is 4.79 Å². The van der Waals surface area contributed by atoms with E-state index in [1.807, 2.05) is 18.2 Å². The van der Waals surface area contributed by atoms with Crippen LogP contribution in [0.1, 0.15) is 37.7 Å². The monoisotopic (exact) mass is 330 g/mol. The van der Waals surface area contributed by atoms with E-state index in [1.54, 1.807) is 20.8 Å². The normalized spacial score (nSPS) is 15.0. The van der Waals surface area contributed by atoms with E-state index in [4.69, 9.17) is 14.0 Å². The molecule has 0 aliphatic carbocycles. The van der Waals surface area contributed by atoms with Gasteiger partial charge in [0.1, 0.15) is 5.60 Å². The Bertz CT molecular complexity index is 704. The van der Waals surface area contributed by atoms with Crippen LogP contribution >= 0.6 is 0 Å². The molecule has 0 atom stereocenters. The Balaban J connectivity index is 1.63.